The lowest BCUT2D eigenvalue weighted by Crippen LogP contribution is -2.36. The van der Waals surface area contributed by atoms with Crippen molar-refractivity contribution in [3.05, 3.63) is 41.7 Å². The van der Waals surface area contributed by atoms with E-state index in [1.807, 2.05) is 38.4 Å². The second-order valence-corrected chi connectivity index (χ2v) is 4.66. The number of allylic oxidation sites excluding steroid dienone is 1. The van der Waals surface area contributed by atoms with E-state index in [1.165, 1.54) is 5.56 Å². The summed E-state index contributed by atoms with van der Waals surface area (Å²) in [6.07, 6.45) is 6.87. The quantitative estimate of drug-likeness (QED) is 0.748. The lowest BCUT2D eigenvalue weighted by atomic mass is 10.1. The van der Waals surface area contributed by atoms with Gasteiger partial charge in [-0.3, -0.25) is 9.78 Å². The lowest BCUT2D eigenvalue weighted by Gasteiger charge is -2.24. The maximum absolute atomic E-state index is 11.9. The highest BCUT2D eigenvalue weighted by Gasteiger charge is 2.15. The van der Waals surface area contributed by atoms with Gasteiger partial charge in [0.15, 0.2) is 0 Å². The zero-order chi connectivity index (χ0) is 13.5. The number of aromatic nitrogens is 1. The SMILES string of the molecule is C/C=C/CC(=O)N(C)[C@@H](C)Cc1cc(C)ccn1. The molecule has 0 fully saturated rings. The summed E-state index contributed by atoms with van der Waals surface area (Å²) in [4.78, 5) is 18.0. The van der Waals surface area contributed by atoms with E-state index in [0.717, 1.165) is 12.1 Å². The van der Waals surface area contributed by atoms with E-state index < -0.39 is 0 Å². The number of hydrogen-bond donors (Lipinski definition) is 0. The van der Waals surface area contributed by atoms with E-state index in [9.17, 15) is 4.79 Å². The summed E-state index contributed by atoms with van der Waals surface area (Å²) in [6, 6.07) is 4.22. The topological polar surface area (TPSA) is 33.2 Å². The largest absolute Gasteiger partial charge is 0.342 e. The van der Waals surface area contributed by atoms with Gasteiger partial charge in [-0.25, -0.2) is 0 Å². The second kappa shape index (κ2) is 6.94. The Morgan fingerprint density at radius 1 is 1.56 bits per heavy atom. The van der Waals surface area contributed by atoms with Crippen LogP contribution in [-0.2, 0) is 11.2 Å². The predicted molar refractivity (Wildman–Crippen MR) is 74.3 cm³/mol. The third-order valence-corrected chi connectivity index (χ3v) is 3.06. The summed E-state index contributed by atoms with van der Waals surface area (Å²) in [6.45, 7) is 6.03. The number of rotatable bonds is 5. The molecule has 1 aromatic rings. The number of carbonyl (C=O) groups excluding carboxylic acids is 1. The molecule has 1 heterocycles. The van der Waals surface area contributed by atoms with E-state index >= 15 is 0 Å². The Bertz CT molecular complexity index is 426. The molecule has 0 spiro atoms. The van der Waals surface area contributed by atoms with Crippen LogP contribution in [0.2, 0.25) is 0 Å². The van der Waals surface area contributed by atoms with Crippen LogP contribution >= 0.6 is 0 Å². The number of aryl methyl sites for hydroxylation is 1. The van der Waals surface area contributed by atoms with Crippen LogP contribution in [0.3, 0.4) is 0 Å². The minimum Gasteiger partial charge on any atom is -0.342 e. The fourth-order valence-electron chi connectivity index (χ4n) is 1.76. The highest BCUT2D eigenvalue weighted by molar-refractivity contribution is 5.77. The first kappa shape index (κ1) is 14.4. The minimum absolute atomic E-state index is 0.147. The van der Waals surface area contributed by atoms with Gasteiger partial charge in [0, 0.05) is 37.8 Å². The third kappa shape index (κ3) is 4.32. The first-order chi connectivity index (χ1) is 8.54. The lowest BCUT2D eigenvalue weighted by molar-refractivity contribution is -0.130. The summed E-state index contributed by atoms with van der Waals surface area (Å²) in [5.41, 5.74) is 2.24. The van der Waals surface area contributed by atoms with E-state index in [0.29, 0.717) is 6.42 Å². The van der Waals surface area contributed by atoms with Crippen LogP contribution in [0, 0.1) is 6.92 Å². The van der Waals surface area contributed by atoms with E-state index in [-0.39, 0.29) is 11.9 Å². The second-order valence-electron chi connectivity index (χ2n) is 4.66. The zero-order valence-corrected chi connectivity index (χ0v) is 11.7. The summed E-state index contributed by atoms with van der Waals surface area (Å²) < 4.78 is 0. The summed E-state index contributed by atoms with van der Waals surface area (Å²) in [5.74, 6) is 0.147. The van der Waals surface area contributed by atoms with E-state index in [4.69, 9.17) is 0 Å². The van der Waals surface area contributed by atoms with Crippen molar-refractivity contribution >= 4 is 5.91 Å². The molecule has 0 aliphatic rings. The van der Waals surface area contributed by atoms with Crippen LogP contribution < -0.4 is 0 Å². The van der Waals surface area contributed by atoms with Crippen molar-refractivity contribution in [3.63, 3.8) is 0 Å². The minimum atomic E-state index is 0.147. The average Bonchev–Trinajstić information content (AvgIpc) is 2.35. The molecular formula is C15H22N2O. The monoisotopic (exact) mass is 246 g/mol. The molecule has 0 aliphatic carbocycles. The van der Waals surface area contributed by atoms with Crippen LogP contribution in [0.1, 0.15) is 31.5 Å². The third-order valence-electron chi connectivity index (χ3n) is 3.06. The van der Waals surface area contributed by atoms with Crippen molar-refractivity contribution in [3.8, 4) is 0 Å². The molecule has 98 valence electrons. The van der Waals surface area contributed by atoms with Crippen molar-refractivity contribution in [2.24, 2.45) is 0 Å². The Morgan fingerprint density at radius 3 is 2.89 bits per heavy atom. The van der Waals surface area contributed by atoms with Gasteiger partial charge in [-0.15, -0.1) is 0 Å². The summed E-state index contributed by atoms with van der Waals surface area (Å²) in [5, 5.41) is 0. The normalized spacial score (nSPS) is 12.7. The van der Waals surface area contributed by atoms with Gasteiger partial charge in [0.1, 0.15) is 0 Å². The Kier molecular flexibility index (Phi) is 5.56. The molecule has 1 atom stereocenters. The van der Waals surface area contributed by atoms with Gasteiger partial charge in [0.05, 0.1) is 0 Å². The summed E-state index contributed by atoms with van der Waals surface area (Å²) >= 11 is 0. The molecule has 3 heteroatoms. The highest BCUT2D eigenvalue weighted by Crippen LogP contribution is 2.08. The van der Waals surface area contributed by atoms with E-state index in [1.54, 1.807) is 4.90 Å². The van der Waals surface area contributed by atoms with Crippen LogP contribution in [0.15, 0.2) is 30.5 Å². The molecule has 18 heavy (non-hydrogen) atoms. The smallest absolute Gasteiger partial charge is 0.226 e. The van der Waals surface area contributed by atoms with Crippen molar-refractivity contribution in [2.45, 2.75) is 39.7 Å². The molecule has 0 N–H and O–H groups in total. The number of hydrogen-bond acceptors (Lipinski definition) is 2. The van der Waals surface area contributed by atoms with Gasteiger partial charge in [-0.05, 0) is 38.5 Å². The van der Waals surface area contributed by atoms with Crippen molar-refractivity contribution in [1.82, 2.24) is 9.88 Å². The first-order valence-electron chi connectivity index (χ1n) is 6.33. The number of likely N-dealkylation sites (N-methyl/N-ethyl adjacent to an activating group) is 1. The Hall–Kier alpha value is -1.64. The van der Waals surface area contributed by atoms with Gasteiger partial charge in [0.25, 0.3) is 0 Å². The van der Waals surface area contributed by atoms with Crippen LogP contribution in [0.4, 0.5) is 0 Å². The average molecular weight is 246 g/mol. The van der Waals surface area contributed by atoms with Gasteiger partial charge >= 0.3 is 0 Å². The molecule has 0 aromatic carbocycles. The molecule has 0 saturated heterocycles. The Balaban J connectivity index is 2.59. The van der Waals surface area contributed by atoms with Gasteiger partial charge in [0.2, 0.25) is 5.91 Å². The molecule has 1 rings (SSSR count). The number of pyridine rings is 1. The Morgan fingerprint density at radius 2 is 2.28 bits per heavy atom. The van der Waals surface area contributed by atoms with Crippen molar-refractivity contribution in [1.29, 1.82) is 0 Å². The molecule has 0 bridgehead atoms. The van der Waals surface area contributed by atoms with Crippen LogP contribution in [0.25, 0.3) is 0 Å². The zero-order valence-electron chi connectivity index (χ0n) is 11.7. The highest BCUT2D eigenvalue weighted by atomic mass is 16.2. The van der Waals surface area contributed by atoms with Crippen LogP contribution in [0.5, 0.6) is 0 Å². The fourth-order valence-corrected chi connectivity index (χ4v) is 1.76. The first-order valence-corrected chi connectivity index (χ1v) is 6.33. The number of nitrogens with zero attached hydrogens (tertiary/aromatic N) is 2. The molecule has 3 nitrogen and oxygen atoms in total. The van der Waals surface area contributed by atoms with Gasteiger partial charge in [-0.2, -0.15) is 0 Å². The van der Waals surface area contributed by atoms with Crippen molar-refractivity contribution in [2.75, 3.05) is 7.05 Å². The standard InChI is InChI=1S/C15H22N2O/c1-5-6-7-15(18)17(4)13(3)11-14-10-12(2)8-9-16-14/h5-6,8-10,13H,7,11H2,1-4H3/b6-5+/t13-/m0/s1. The number of carbonyl (C=O) groups is 1. The maximum Gasteiger partial charge on any atom is 0.226 e. The molecule has 1 amide bonds. The number of amides is 1. The fraction of sp³-hybridized carbons (Fsp3) is 0.467. The van der Waals surface area contributed by atoms with Crippen LogP contribution in [-0.4, -0.2) is 28.9 Å². The molecular weight excluding hydrogens is 224 g/mol. The summed E-state index contributed by atoms with van der Waals surface area (Å²) in [7, 11) is 1.85. The van der Waals surface area contributed by atoms with Crippen molar-refractivity contribution < 1.29 is 4.79 Å². The molecule has 0 radical (unpaired) electrons. The Labute approximate surface area is 110 Å². The van der Waals surface area contributed by atoms with Gasteiger partial charge < -0.3 is 4.90 Å². The molecule has 0 aliphatic heterocycles. The van der Waals surface area contributed by atoms with Gasteiger partial charge in [-0.1, -0.05) is 12.2 Å². The molecule has 0 unspecified atom stereocenters. The maximum atomic E-state index is 11.9. The molecule has 1 aromatic heterocycles. The molecule has 0 saturated carbocycles. The predicted octanol–water partition coefficient (Wildman–Crippen LogP) is 2.75. The van der Waals surface area contributed by atoms with E-state index in [2.05, 4.69) is 24.9 Å².